The van der Waals surface area contributed by atoms with Gasteiger partial charge in [-0.05, 0) is 31.9 Å². The number of hydrogen-bond donors (Lipinski definition) is 0. The predicted molar refractivity (Wildman–Crippen MR) is 98.3 cm³/mol. The molecule has 1 aliphatic heterocycles. The smallest absolute Gasteiger partial charge is 0.253 e. The van der Waals surface area contributed by atoms with E-state index in [0.29, 0.717) is 16.4 Å². The molecule has 1 atom stereocenters. The van der Waals surface area contributed by atoms with Crippen LogP contribution in [0.5, 0.6) is 0 Å². The van der Waals surface area contributed by atoms with Crippen LogP contribution in [0.2, 0.25) is 5.02 Å². The Balaban J connectivity index is 1.61. The molecule has 3 aromatic heterocycles. The van der Waals surface area contributed by atoms with Crippen molar-refractivity contribution < 1.29 is 0 Å². The highest BCUT2D eigenvalue weighted by atomic mass is 35.5. The topological polar surface area (TPSA) is 81.7 Å². The minimum absolute atomic E-state index is 0.196. The average molecular weight is 372 g/mol. The first-order valence-corrected chi connectivity index (χ1v) is 8.87. The molecule has 4 rings (SSSR count). The Morgan fingerprint density at radius 3 is 2.73 bits per heavy atom. The summed E-state index contributed by atoms with van der Waals surface area (Å²) in [7, 11) is 0. The Labute approximate surface area is 155 Å². The van der Waals surface area contributed by atoms with Gasteiger partial charge in [-0.2, -0.15) is 5.10 Å². The van der Waals surface area contributed by atoms with Gasteiger partial charge in [0.05, 0.1) is 18.1 Å². The first-order chi connectivity index (χ1) is 12.6. The lowest BCUT2D eigenvalue weighted by Gasteiger charge is -2.16. The van der Waals surface area contributed by atoms with E-state index in [1.54, 1.807) is 29.3 Å². The van der Waals surface area contributed by atoms with Crippen LogP contribution in [0.4, 0.5) is 5.69 Å². The van der Waals surface area contributed by atoms with Crippen LogP contribution in [0.3, 0.4) is 0 Å². The van der Waals surface area contributed by atoms with Gasteiger partial charge in [0.1, 0.15) is 17.6 Å². The van der Waals surface area contributed by atoms with Crippen LogP contribution in [0.1, 0.15) is 25.9 Å². The molecule has 0 radical (unpaired) electrons. The van der Waals surface area contributed by atoms with Gasteiger partial charge >= 0.3 is 0 Å². The SMILES string of the molecule is CC(n1cc(-c2cc(N3CCCC3)cnn2)nn1)n1ccc(Cl)cc1=O. The first-order valence-electron chi connectivity index (χ1n) is 8.49. The predicted octanol–water partition coefficient (Wildman–Crippen LogP) is 2.22. The fourth-order valence-corrected chi connectivity index (χ4v) is 3.26. The van der Waals surface area contributed by atoms with Gasteiger partial charge in [-0.1, -0.05) is 16.8 Å². The van der Waals surface area contributed by atoms with E-state index >= 15 is 0 Å². The van der Waals surface area contributed by atoms with E-state index < -0.39 is 0 Å². The number of aromatic nitrogens is 6. The van der Waals surface area contributed by atoms with Crippen LogP contribution in [-0.4, -0.2) is 42.8 Å². The number of nitrogens with zero attached hydrogens (tertiary/aromatic N) is 7. The largest absolute Gasteiger partial charge is 0.370 e. The molecule has 0 saturated carbocycles. The van der Waals surface area contributed by atoms with E-state index in [9.17, 15) is 4.79 Å². The summed E-state index contributed by atoms with van der Waals surface area (Å²) < 4.78 is 3.16. The molecule has 8 nitrogen and oxygen atoms in total. The molecule has 1 aliphatic rings. The highest BCUT2D eigenvalue weighted by molar-refractivity contribution is 6.30. The lowest BCUT2D eigenvalue weighted by molar-refractivity contribution is 0.405. The van der Waals surface area contributed by atoms with Crippen LogP contribution in [0.15, 0.2) is 41.6 Å². The number of hydrogen-bond acceptors (Lipinski definition) is 6. The Hall–Kier alpha value is -2.74. The van der Waals surface area contributed by atoms with Crippen LogP contribution >= 0.6 is 11.6 Å². The van der Waals surface area contributed by atoms with E-state index in [1.807, 2.05) is 13.0 Å². The maximum absolute atomic E-state index is 12.1. The van der Waals surface area contributed by atoms with Crippen molar-refractivity contribution in [2.45, 2.75) is 25.9 Å². The maximum Gasteiger partial charge on any atom is 0.253 e. The van der Waals surface area contributed by atoms with Gasteiger partial charge in [-0.25, -0.2) is 4.68 Å². The van der Waals surface area contributed by atoms with Crippen molar-refractivity contribution in [3.05, 3.63) is 52.2 Å². The summed E-state index contributed by atoms with van der Waals surface area (Å²) in [6, 6.07) is 5.02. The summed E-state index contributed by atoms with van der Waals surface area (Å²) in [4.78, 5) is 14.4. The Morgan fingerprint density at radius 2 is 1.96 bits per heavy atom. The lowest BCUT2D eigenvalue weighted by Crippen LogP contribution is -2.26. The van der Waals surface area contributed by atoms with Crippen molar-refractivity contribution in [1.82, 2.24) is 29.8 Å². The summed E-state index contributed by atoms with van der Waals surface area (Å²) in [5.41, 5.74) is 2.13. The Bertz CT molecular complexity index is 977. The normalized spacial score (nSPS) is 15.4. The molecule has 1 unspecified atom stereocenters. The molecule has 0 amide bonds. The lowest BCUT2D eigenvalue weighted by atomic mass is 10.3. The van der Waals surface area contributed by atoms with Gasteiger partial charge in [-0.3, -0.25) is 9.36 Å². The average Bonchev–Trinajstić information content (AvgIpc) is 3.33. The molecule has 134 valence electrons. The van der Waals surface area contributed by atoms with Gasteiger partial charge in [0.15, 0.2) is 0 Å². The summed E-state index contributed by atoms with van der Waals surface area (Å²) in [5, 5.41) is 17.0. The zero-order valence-corrected chi connectivity index (χ0v) is 15.0. The molecule has 0 spiro atoms. The van der Waals surface area contributed by atoms with E-state index in [0.717, 1.165) is 18.8 Å². The van der Waals surface area contributed by atoms with Crippen molar-refractivity contribution in [3.63, 3.8) is 0 Å². The zero-order valence-electron chi connectivity index (χ0n) is 14.3. The number of rotatable bonds is 4. The fourth-order valence-electron chi connectivity index (χ4n) is 3.11. The summed E-state index contributed by atoms with van der Waals surface area (Å²) in [5.74, 6) is 0. The quantitative estimate of drug-likeness (QED) is 0.699. The maximum atomic E-state index is 12.1. The molecule has 1 saturated heterocycles. The fraction of sp³-hybridized carbons (Fsp3) is 0.353. The van der Waals surface area contributed by atoms with Crippen LogP contribution in [0, 0.1) is 0 Å². The van der Waals surface area contributed by atoms with Gasteiger partial charge in [0.2, 0.25) is 0 Å². The first kappa shape index (κ1) is 16.7. The molecule has 0 aromatic carbocycles. The van der Waals surface area contributed by atoms with E-state index in [4.69, 9.17) is 11.6 Å². The standard InChI is InChI=1S/C17H18ClN7O/c1-12(24-7-4-13(18)8-17(24)26)25-11-16(21-22-25)15-9-14(10-19-20-15)23-5-2-3-6-23/h4,7-12H,2-3,5-6H2,1H3. The van der Waals surface area contributed by atoms with E-state index in [2.05, 4.69) is 25.4 Å². The third kappa shape index (κ3) is 3.20. The van der Waals surface area contributed by atoms with E-state index in [1.165, 1.54) is 23.5 Å². The minimum Gasteiger partial charge on any atom is -0.370 e. The summed E-state index contributed by atoms with van der Waals surface area (Å²) in [6.45, 7) is 3.93. The van der Waals surface area contributed by atoms with Gasteiger partial charge in [0.25, 0.3) is 5.56 Å². The summed E-state index contributed by atoms with van der Waals surface area (Å²) in [6.07, 6.45) is 7.24. The molecule has 26 heavy (non-hydrogen) atoms. The van der Waals surface area contributed by atoms with E-state index in [-0.39, 0.29) is 11.7 Å². The molecule has 4 heterocycles. The van der Waals surface area contributed by atoms with Gasteiger partial charge in [-0.15, -0.1) is 10.2 Å². The molecule has 0 N–H and O–H groups in total. The second-order valence-electron chi connectivity index (χ2n) is 6.30. The second kappa shape index (κ2) is 6.87. The molecule has 1 fully saturated rings. The second-order valence-corrected chi connectivity index (χ2v) is 6.74. The Kier molecular flexibility index (Phi) is 4.42. The van der Waals surface area contributed by atoms with Crippen LogP contribution < -0.4 is 10.5 Å². The number of halogens is 1. The van der Waals surface area contributed by atoms with Crippen molar-refractivity contribution in [3.8, 4) is 11.4 Å². The number of pyridine rings is 1. The highest BCUT2D eigenvalue weighted by Crippen LogP contribution is 2.23. The molecule has 0 bridgehead atoms. The third-order valence-corrected chi connectivity index (χ3v) is 4.81. The van der Waals surface area contributed by atoms with Gasteiger partial charge in [0, 0.05) is 30.4 Å². The monoisotopic (exact) mass is 371 g/mol. The molecular weight excluding hydrogens is 354 g/mol. The zero-order chi connectivity index (χ0) is 18.1. The van der Waals surface area contributed by atoms with Crippen molar-refractivity contribution in [2.75, 3.05) is 18.0 Å². The molecule has 9 heteroatoms. The molecular formula is C17H18ClN7O. The molecule has 3 aromatic rings. The number of anilines is 1. The van der Waals surface area contributed by atoms with Gasteiger partial charge < -0.3 is 4.90 Å². The van der Waals surface area contributed by atoms with Crippen LogP contribution in [0.25, 0.3) is 11.4 Å². The van der Waals surface area contributed by atoms with Crippen molar-refractivity contribution in [2.24, 2.45) is 0 Å². The van der Waals surface area contributed by atoms with Crippen molar-refractivity contribution >= 4 is 17.3 Å². The third-order valence-electron chi connectivity index (χ3n) is 4.58. The summed E-state index contributed by atoms with van der Waals surface area (Å²) >= 11 is 5.85. The highest BCUT2D eigenvalue weighted by Gasteiger charge is 2.16. The minimum atomic E-state index is -0.337. The molecule has 0 aliphatic carbocycles. The van der Waals surface area contributed by atoms with Crippen LogP contribution in [-0.2, 0) is 0 Å². The van der Waals surface area contributed by atoms with Crippen molar-refractivity contribution in [1.29, 1.82) is 0 Å². The Morgan fingerprint density at radius 1 is 1.15 bits per heavy atom.